The van der Waals surface area contributed by atoms with E-state index < -0.39 is 11.9 Å². The Morgan fingerprint density at radius 2 is 1.95 bits per heavy atom. The number of aliphatic carboxylic acids is 1. The van der Waals surface area contributed by atoms with Crippen LogP contribution in [0, 0.1) is 0 Å². The van der Waals surface area contributed by atoms with Crippen molar-refractivity contribution in [2.45, 2.75) is 12.8 Å². The Morgan fingerprint density at radius 1 is 1.20 bits per heavy atom. The minimum atomic E-state index is -0.844. The summed E-state index contributed by atoms with van der Waals surface area (Å²) in [5, 5.41) is 9.37. The third kappa shape index (κ3) is 1.95. The first-order chi connectivity index (χ1) is 9.68. The number of carboxylic acid groups (broad SMARTS) is 1. The molecule has 0 aliphatic heterocycles. The Labute approximate surface area is 116 Å². The van der Waals surface area contributed by atoms with Crippen LogP contribution < -0.4 is 0 Å². The van der Waals surface area contributed by atoms with Crippen molar-refractivity contribution in [3.05, 3.63) is 60.7 Å². The highest BCUT2D eigenvalue weighted by molar-refractivity contribution is 5.80. The summed E-state index contributed by atoms with van der Waals surface area (Å²) in [4.78, 5) is 15.5. The number of rotatable bonds is 3. The van der Waals surface area contributed by atoms with Crippen molar-refractivity contribution in [2.75, 3.05) is 0 Å². The zero-order valence-electron chi connectivity index (χ0n) is 11.0. The molecule has 0 saturated heterocycles. The van der Waals surface area contributed by atoms with Crippen LogP contribution >= 0.6 is 0 Å². The molecule has 1 unspecified atom stereocenters. The zero-order valence-corrected chi connectivity index (χ0v) is 11.0. The predicted octanol–water partition coefficient (Wildman–Crippen LogP) is 3.19. The van der Waals surface area contributed by atoms with E-state index in [1.54, 1.807) is 19.4 Å². The maximum Gasteiger partial charge on any atom is 0.312 e. The third-order valence-corrected chi connectivity index (χ3v) is 3.49. The van der Waals surface area contributed by atoms with Crippen LogP contribution in [0.2, 0.25) is 0 Å². The van der Waals surface area contributed by atoms with Gasteiger partial charge in [-0.1, -0.05) is 36.4 Å². The number of pyridine rings is 1. The maximum absolute atomic E-state index is 11.4. The number of imidazole rings is 1. The molecule has 4 heteroatoms. The zero-order chi connectivity index (χ0) is 14.1. The first kappa shape index (κ1) is 12.4. The molecule has 0 radical (unpaired) electrons. The third-order valence-electron chi connectivity index (χ3n) is 3.49. The molecule has 100 valence electrons. The van der Waals surface area contributed by atoms with Crippen molar-refractivity contribution in [1.82, 2.24) is 9.38 Å². The van der Waals surface area contributed by atoms with E-state index in [1.165, 1.54) is 0 Å². The van der Waals surface area contributed by atoms with Gasteiger partial charge in [-0.15, -0.1) is 0 Å². The fourth-order valence-corrected chi connectivity index (χ4v) is 2.43. The molecule has 1 aromatic carbocycles. The van der Waals surface area contributed by atoms with Crippen LogP contribution in [0.1, 0.15) is 18.5 Å². The average Bonchev–Trinajstić information content (AvgIpc) is 2.94. The van der Waals surface area contributed by atoms with Gasteiger partial charge in [0.15, 0.2) is 0 Å². The second-order valence-corrected chi connectivity index (χ2v) is 4.75. The summed E-state index contributed by atoms with van der Waals surface area (Å²) in [6.07, 6.45) is 3.39. The molecule has 0 amide bonds. The van der Waals surface area contributed by atoms with E-state index >= 15 is 0 Å². The van der Waals surface area contributed by atoms with Gasteiger partial charge in [-0.2, -0.15) is 0 Å². The number of benzene rings is 1. The van der Waals surface area contributed by atoms with Gasteiger partial charge < -0.3 is 9.51 Å². The minimum absolute atomic E-state index is 0.608. The van der Waals surface area contributed by atoms with Crippen molar-refractivity contribution in [3.8, 4) is 11.1 Å². The Bertz CT molecular complexity index is 763. The van der Waals surface area contributed by atoms with Crippen LogP contribution in [0.15, 0.2) is 55.0 Å². The largest absolute Gasteiger partial charge is 0.481 e. The smallest absolute Gasteiger partial charge is 0.312 e. The fraction of sp³-hybridized carbons (Fsp3) is 0.125. The highest BCUT2D eigenvalue weighted by atomic mass is 16.4. The first-order valence-corrected chi connectivity index (χ1v) is 6.41. The van der Waals surface area contributed by atoms with Gasteiger partial charge in [0, 0.05) is 11.3 Å². The molecule has 20 heavy (non-hydrogen) atoms. The summed E-state index contributed by atoms with van der Waals surface area (Å²) in [6.45, 7) is 1.70. The van der Waals surface area contributed by atoms with E-state index in [-0.39, 0.29) is 0 Å². The fourth-order valence-electron chi connectivity index (χ4n) is 2.43. The molecule has 1 N–H and O–H groups in total. The lowest BCUT2D eigenvalue weighted by molar-refractivity contribution is -0.138. The topological polar surface area (TPSA) is 54.6 Å². The highest BCUT2D eigenvalue weighted by Crippen LogP contribution is 2.30. The van der Waals surface area contributed by atoms with Crippen LogP contribution in [0.3, 0.4) is 0 Å². The molecule has 1 atom stereocenters. The Morgan fingerprint density at radius 3 is 2.65 bits per heavy atom. The molecule has 2 aromatic heterocycles. The van der Waals surface area contributed by atoms with Gasteiger partial charge in [-0.3, -0.25) is 4.79 Å². The molecule has 2 heterocycles. The van der Waals surface area contributed by atoms with E-state index in [4.69, 9.17) is 0 Å². The Kier molecular flexibility index (Phi) is 2.99. The van der Waals surface area contributed by atoms with Gasteiger partial charge in [0.2, 0.25) is 0 Å². The van der Waals surface area contributed by atoms with Crippen LogP contribution in [0.5, 0.6) is 0 Å². The van der Waals surface area contributed by atoms with Crippen molar-refractivity contribution in [1.29, 1.82) is 0 Å². The highest BCUT2D eigenvalue weighted by Gasteiger charge is 2.21. The Hall–Kier alpha value is -2.62. The summed E-state index contributed by atoms with van der Waals surface area (Å²) >= 11 is 0. The van der Waals surface area contributed by atoms with Crippen LogP contribution in [-0.4, -0.2) is 20.5 Å². The molecule has 4 nitrogen and oxygen atoms in total. The van der Waals surface area contributed by atoms with E-state index in [1.807, 2.05) is 46.9 Å². The van der Waals surface area contributed by atoms with Gasteiger partial charge in [-0.05, 0) is 18.6 Å². The lowest BCUT2D eigenvalue weighted by Crippen LogP contribution is -2.13. The summed E-state index contributed by atoms with van der Waals surface area (Å²) in [5.41, 5.74) is 3.57. The van der Waals surface area contributed by atoms with Crippen molar-refractivity contribution >= 4 is 11.5 Å². The van der Waals surface area contributed by atoms with Gasteiger partial charge in [0.1, 0.15) is 0 Å². The van der Waals surface area contributed by atoms with E-state index in [9.17, 15) is 9.90 Å². The summed E-state index contributed by atoms with van der Waals surface area (Å²) < 4.78 is 1.85. The predicted molar refractivity (Wildman–Crippen MR) is 76.7 cm³/mol. The first-order valence-electron chi connectivity index (χ1n) is 6.41. The summed E-state index contributed by atoms with van der Waals surface area (Å²) in [7, 11) is 0. The molecule has 0 bridgehead atoms. The lowest BCUT2D eigenvalue weighted by Gasteiger charge is -2.16. The number of carbonyl (C=O) groups is 1. The lowest BCUT2D eigenvalue weighted by atomic mass is 9.96. The maximum atomic E-state index is 11.4. The number of nitrogens with zero attached hydrogens (tertiary/aromatic N) is 2. The number of carboxylic acids is 1. The van der Waals surface area contributed by atoms with Crippen LogP contribution in [0.4, 0.5) is 0 Å². The standard InChI is InChI=1S/C16H14N2O2/c1-11(16(19)20)15-14(12-5-3-2-4-6-12)8-7-13-9-17-10-18(13)15/h2-11H,1H3,(H,19,20). The van der Waals surface area contributed by atoms with E-state index in [0.717, 1.165) is 22.3 Å². The molecule has 0 spiro atoms. The van der Waals surface area contributed by atoms with Gasteiger partial charge in [0.05, 0.1) is 24.0 Å². The van der Waals surface area contributed by atoms with Gasteiger partial charge in [-0.25, -0.2) is 4.98 Å². The average molecular weight is 266 g/mol. The number of fused-ring (bicyclic) bond motifs is 1. The minimum Gasteiger partial charge on any atom is -0.481 e. The quantitative estimate of drug-likeness (QED) is 0.792. The number of hydrogen-bond acceptors (Lipinski definition) is 2. The molecular weight excluding hydrogens is 252 g/mol. The van der Waals surface area contributed by atoms with Gasteiger partial charge >= 0.3 is 5.97 Å². The molecular formula is C16H14N2O2. The second kappa shape index (κ2) is 4.81. The van der Waals surface area contributed by atoms with Gasteiger partial charge in [0.25, 0.3) is 0 Å². The van der Waals surface area contributed by atoms with Crippen molar-refractivity contribution in [3.63, 3.8) is 0 Å². The molecule has 0 fully saturated rings. The Balaban J connectivity index is 2.31. The van der Waals surface area contributed by atoms with Crippen LogP contribution in [0.25, 0.3) is 16.6 Å². The molecule has 0 saturated carbocycles. The summed E-state index contributed by atoms with van der Waals surface area (Å²) in [6, 6.07) is 13.7. The van der Waals surface area contributed by atoms with Crippen molar-refractivity contribution in [2.24, 2.45) is 0 Å². The van der Waals surface area contributed by atoms with E-state index in [2.05, 4.69) is 4.98 Å². The SMILES string of the molecule is CC(C(=O)O)c1c(-c2ccccc2)ccc2cncn12. The number of hydrogen-bond donors (Lipinski definition) is 1. The molecule has 3 aromatic rings. The number of aromatic nitrogens is 2. The van der Waals surface area contributed by atoms with E-state index in [0.29, 0.717) is 0 Å². The van der Waals surface area contributed by atoms with Crippen molar-refractivity contribution < 1.29 is 9.90 Å². The second-order valence-electron chi connectivity index (χ2n) is 4.75. The monoisotopic (exact) mass is 266 g/mol. The van der Waals surface area contributed by atoms with Crippen LogP contribution in [-0.2, 0) is 4.79 Å². The molecule has 0 aliphatic rings. The molecule has 3 rings (SSSR count). The normalized spacial score (nSPS) is 12.4. The molecule has 0 aliphatic carbocycles. The summed E-state index contributed by atoms with van der Waals surface area (Å²) in [5.74, 6) is -1.45.